The monoisotopic (exact) mass is 314 g/mol. The third-order valence-corrected chi connectivity index (χ3v) is 5.92. The lowest BCUT2D eigenvalue weighted by molar-refractivity contribution is -0.385. The maximum atomic E-state index is 11.7. The normalized spacial score (nSPS) is 14.0. The van der Waals surface area contributed by atoms with Crippen molar-refractivity contribution >= 4 is 15.5 Å². The van der Waals surface area contributed by atoms with Crippen molar-refractivity contribution in [2.24, 2.45) is 0 Å². The molecule has 0 bridgehead atoms. The Balaban J connectivity index is 2.89. The molecule has 1 rings (SSSR count). The van der Waals surface area contributed by atoms with Crippen LogP contribution in [0.5, 0.6) is 0 Å². The summed E-state index contributed by atoms with van der Waals surface area (Å²) in [5, 5.41) is 14.1. The van der Waals surface area contributed by atoms with Crippen LogP contribution >= 0.6 is 0 Å². The first-order valence-corrected chi connectivity index (χ1v) is 8.53. The maximum absolute atomic E-state index is 11.7. The summed E-state index contributed by atoms with van der Waals surface area (Å²) in [6.45, 7) is 7.12. The fraction of sp³-hybridized carbons (Fsp3) is 0.571. The van der Waals surface area contributed by atoms with Crippen LogP contribution in [-0.2, 0) is 9.84 Å². The second kappa shape index (κ2) is 6.11. The molecule has 0 aliphatic heterocycles. The first kappa shape index (κ1) is 17.6. The lowest BCUT2D eigenvalue weighted by atomic mass is 10.0. The van der Waals surface area contributed by atoms with Gasteiger partial charge in [0, 0.05) is 30.5 Å². The van der Waals surface area contributed by atoms with Crippen molar-refractivity contribution < 1.29 is 13.3 Å². The Morgan fingerprint density at radius 1 is 1.38 bits per heavy atom. The molecular weight excluding hydrogens is 292 g/mol. The third-order valence-electron chi connectivity index (χ3n) is 3.77. The summed E-state index contributed by atoms with van der Waals surface area (Å²) in [6.07, 6.45) is 1.20. The van der Waals surface area contributed by atoms with E-state index < -0.39 is 19.5 Å². The molecule has 1 aromatic carbocycles. The van der Waals surface area contributed by atoms with Gasteiger partial charge in [-0.05, 0) is 33.3 Å². The van der Waals surface area contributed by atoms with E-state index in [1.54, 1.807) is 26.8 Å². The minimum atomic E-state index is -3.18. The molecular formula is C14H22N2O4S. The molecule has 0 spiro atoms. The Morgan fingerprint density at radius 2 is 1.95 bits per heavy atom. The second-order valence-electron chi connectivity index (χ2n) is 5.94. The van der Waals surface area contributed by atoms with E-state index in [1.165, 1.54) is 12.3 Å². The van der Waals surface area contributed by atoms with Gasteiger partial charge in [-0.3, -0.25) is 10.1 Å². The lowest BCUT2D eigenvalue weighted by Crippen LogP contribution is -2.42. The van der Waals surface area contributed by atoms with Gasteiger partial charge in [0.05, 0.1) is 9.67 Å². The fourth-order valence-corrected chi connectivity index (χ4v) is 2.09. The highest BCUT2D eigenvalue weighted by molar-refractivity contribution is 7.92. The van der Waals surface area contributed by atoms with Gasteiger partial charge in [-0.1, -0.05) is 12.1 Å². The number of rotatable bonds is 6. The lowest BCUT2D eigenvalue weighted by Gasteiger charge is -2.25. The summed E-state index contributed by atoms with van der Waals surface area (Å²) in [4.78, 5) is 10.5. The average Bonchev–Trinajstić information content (AvgIpc) is 2.34. The first-order valence-electron chi connectivity index (χ1n) is 6.63. The summed E-state index contributed by atoms with van der Waals surface area (Å²) in [7, 11) is -3.18. The van der Waals surface area contributed by atoms with Crippen LogP contribution in [0.3, 0.4) is 0 Å². The minimum absolute atomic E-state index is 0.0727. The second-order valence-corrected chi connectivity index (χ2v) is 8.59. The predicted octanol–water partition coefficient (Wildman–Crippen LogP) is 2.38. The van der Waals surface area contributed by atoms with E-state index in [-0.39, 0.29) is 18.3 Å². The SMILES string of the molecule is Cc1ccc(C(C)NCC(C)(C)S(C)(=O)=O)cc1[N+](=O)[O-]. The summed E-state index contributed by atoms with van der Waals surface area (Å²) in [5.74, 6) is 0. The van der Waals surface area contributed by atoms with Gasteiger partial charge in [-0.25, -0.2) is 8.42 Å². The molecule has 1 N–H and O–H groups in total. The van der Waals surface area contributed by atoms with E-state index in [0.717, 1.165) is 5.56 Å². The van der Waals surface area contributed by atoms with Gasteiger partial charge in [0.1, 0.15) is 0 Å². The van der Waals surface area contributed by atoms with Crippen LogP contribution in [0.1, 0.15) is 37.9 Å². The zero-order valence-corrected chi connectivity index (χ0v) is 13.8. The molecule has 1 aromatic rings. The highest BCUT2D eigenvalue weighted by Gasteiger charge is 2.30. The van der Waals surface area contributed by atoms with Crippen molar-refractivity contribution in [1.82, 2.24) is 5.32 Å². The molecule has 6 nitrogen and oxygen atoms in total. The van der Waals surface area contributed by atoms with E-state index in [9.17, 15) is 18.5 Å². The Kier molecular flexibility index (Phi) is 5.11. The molecule has 0 heterocycles. The summed E-state index contributed by atoms with van der Waals surface area (Å²) in [6, 6.07) is 4.87. The highest BCUT2D eigenvalue weighted by atomic mass is 32.2. The summed E-state index contributed by atoms with van der Waals surface area (Å²) < 4.78 is 22.4. The number of nitrogens with one attached hydrogen (secondary N) is 1. The van der Waals surface area contributed by atoms with E-state index in [1.807, 2.05) is 13.0 Å². The van der Waals surface area contributed by atoms with E-state index in [0.29, 0.717) is 5.56 Å². The van der Waals surface area contributed by atoms with Crippen molar-refractivity contribution in [2.75, 3.05) is 12.8 Å². The number of hydrogen-bond acceptors (Lipinski definition) is 5. The van der Waals surface area contributed by atoms with Crippen molar-refractivity contribution in [3.8, 4) is 0 Å². The highest BCUT2D eigenvalue weighted by Crippen LogP contribution is 2.24. The predicted molar refractivity (Wildman–Crippen MR) is 83.2 cm³/mol. The Morgan fingerprint density at radius 3 is 2.43 bits per heavy atom. The number of sulfone groups is 1. The molecule has 21 heavy (non-hydrogen) atoms. The quantitative estimate of drug-likeness (QED) is 0.643. The number of hydrogen-bond donors (Lipinski definition) is 1. The molecule has 1 atom stereocenters. The molecule has 0 aliphatic rings. The van der Waals surface area contributed by atoms with Crippen LogP contribution in [0.15, 0.2) is 18.2 Å². The number of nitrogens with zero attached hydrogens (tertiary/aromatic N) is 1. The third kappa shape index (κ3) is 4.25. The Labute approximate surface area is 125 Å². The minimum Gasteiger partial charge on any atom is -0.309 e. The topological polar surface area (TPSA) is 89.3 Å². The molecule has 0 aromatic heterocycles. The van der Waals surface area contributed by atoms with Gasteiger partial charge in [0.15, 0.2) is 9.84 Å². The van der Waals surface area contributed by atoms with Gasteiger partial charge < -0.3 is 5.32 Å². The summed E-state index contributed by atoms with van der Waals surface area (Å²) in [5.41, 5.74) is 1.44. The number of aryl methyl sites for hydroxylation is 1. The molecule has 0 saturated carbocycles. The van der Waals surface area contributed by atoms with Gasteiger partial charge in [-0.2, -0.15) is 0 Å². The standard InChI is InChI=1S/C14H22N2O4S/c1-10-6-7-12(8-13(10)16(17)18)11(2)15-9-14(3,4)21(5,19)20/h6-8,11,15H,9H2,1-5H3. The molecule has 0 radical (unpaired) electrons. The maximum Gasteiger partial charge on any atom is 0.272 e. The molecule has 0 aliphatic carbocycles. The Hall–Kier alpha value is -1.47. The zero-order chi connectivity index (χ0) is 16.4. The fourth-order valence-electron chi connectivity index (χ4n) is 1.74. The largest absolute Gasteiger partial charge is 0.309 e. The summed E-state index contributed by atoms with van der Waals surface area (Å²) >= 11 is 0. The van der Waals surface area contributed by atoms with Crippen molar-refractivity contribution in [1.29, 1.82) is 0 Å². The average molecular weight is 314 g/mol. The van der Waals surface area contributed by atoms with E-state index in [4.69, 9.17) is 0 Å². The van der Waals surface area contributed by atoms with Gasteiger partial charge in [0.2, 0.25) is 0 Å². The van der Waals surface area contributed by atoms with Crippen LogP contribution in [0.2, 0.25) is 0 Å². The molecule has 7 heteroatoms. The van der Waals surface area contributed by atoms with Crippen LogP contribution < -0.4 is 5.32 Å². The van der Waals surface area contributed by atoms with Crippen LogP contribution in [0.4, 0.5) is 5.69 Å². The van der Waals surface area contributed by atoms with Crippen molar-refractivity contribution in [3.63, 3.8) is 0 Å². The molecule has 0 saturated heterocycles. The van der Waals surface area contributed by atoms with E-state index in [2.05, 4.69) is 5.32 Å². The van der Waals surface area contributed by atoms with Gasteiger partial charge in [0.25, 0.3) is 5.69 Å². The van der Waals surface area contributed by atoms with Crippen LogP contribution in [0.25, 0.3) is 0 Å². The number of nitro benzene ring substituents is 1. The first-order chi connectivity index (χ1) is 9.45. The van der Waals surface area contributed by atoms with Gasteiger partial charge in [-0.15, -0.1) is 0 Å². The van der Waals surface area contributed by atoms with Gasteiger partial charge >= 0.3 is 0 Å². The van der Waals surface area contributed by atoms with E-state index >= 15 is 0 Å². The van der Waals surface area contributed by atoms with Crippen molar-refractivity contribution in [3.05, 3.63) is 39.4 Å². The molecule has 118 valence electrons. The number of nitro groups is 1. The van der Waals surface area contributed by atoms with Crippen molar-refractivity contribution in [2.45, 2.75) is 38.5 Å². The smallest absolute Gasteiger partial charge is 0.272 e. The number of benzene rings is 1. The Bertz CT molecular complexity index is 638. The van der Waals surface area contributed by atoms with Crippen LogP contribution in [0, 0.1) is 17.0 Å². The van der Waals surface area contributed by atoms with Crippen LogP contribution in [-0.4, -0.2) is 30.9 Å². The molecule has 0 amide bonds. The molecule has 1 unspecified atom stereocenters. The molecule has 0 fully saturated rings. The zero-order valence-electron chi connectivity index (χ0n) is 13.0.